The normalized spacial score (nSPS) is 10.9. The van der Waals surface area contributed by atoms with E-state index in [1.807, 2.05) is 24.3 Å². The zero-order valence-electron chi connectivity index (χ0n) is 18.8. The fourth-order valence-corrected chi connectivity index (χ4v) is 3.66. The average molecular weight is 464 g/mol. The Hall–Kier alpha value is -3.87. The molecule has 0 aliphatic carbocycles. The van der Waals surface area contributed by atoms with Crippen LogP contribution in [0.2, 0.25) is 0 Å². The minimum Gasteiger partial charge on any atom is -0.491 e. The summed E-state index contributed by atoms with van der Waals surface area (Å²) in [4.78, 5) is 7.88. The number of rotatable bonds is 8. The topological polar surface area (TPSA) is 44.2 Å². The van der Waals surface area contributed by atoms with Crippen LogP contribution in [-0.2, 0) is 12.8 Å². The summed E-state index contributed by atoms with van der Waals surface area (Å²) in [5.41, 5.74) is 3.30. The third-order valence-corrected chi connectivity index (χ3v) is 5.49. The molecule has 1 aromatic heterocycles. The molecule has 7 heteroatoms. The van der Waals surface area contributed by atoms with Gasteiger partial charge in [0, 0.05) is 23.5 Å². The van der Waals surface area contributed by atoms with Crippen molar-refractivity contribution in [1.82, 2.24) is 9.97 Å². The van der Waals surface area contributed by atoms with Gasteiger partial charge in [0.1, 0.15) is 0 Å². The van der Waals surface area contributed by atoms with Crippen molar-refractivity contribution < 1.29 is 22.6 Å². The average Bonchev–Trinajstić information content (AvgIpc) is 2.87. The van der Waals surface area contributed by atoms with Crippen LogP contribution in [0, 0.1) is 17.5 Å². The molecular formula is C27H23F3N2O2. The van der Waals surface area contributed by atoms with Crippen LogP contribution in [0.3, 0.4) is 0 Å². The van der Waals surface area contributed by atoms with E-state index in [0.717, 1.165) is 16.7 Å². The largest absolute Gasteiger partial charge is 0.491 e. The van der Waals surface area contributed by atoms with Gasteiger partial charge in [0.05, 0.1) is 13.7 Å². The second-order valence-electron chi connectivity index (χ2n) is 7.63. The summed E-state index contributed by atoms with van der Waals surface area (Å²) in [5.74, 6) is -2.00. The van der Waals surface area contributed by atoms with Gasteiger partial charge in [-0.25, -0.2) is 23.1 Å². The fourth-order valence-electron chi connectivity index (χ4n) is 3.66. The molecule has 174 valence electrons. The standard InChI is InChI=1S/C27H23F3N2O2/c1-3-34-24-13-11-20(14-23(24)28)18-7-4-17(5-8-18)6-9-19-10-12-22(26(30)25(19)29)21-15-31-27(33-2)32-16-21/h4-5,7-8,10-16H,3,6,9H2,1-2H3. The van der Waals surface area contributed by atoms with Gasteiger partial charge in [-0.2, -0.15) is 0 Å². The van der Waals surface area contributed by atoms with Crippen LogP contribution in [0.5, 0.6) is 11.8 Å². The van der Waals surface area contributed by atoms with E-state index >= 15 is 0 Å². The Kier molecular flexibility index (Phi) is 7.11. The van der Waals surface area contributed by atoms with Gasteiger partial charge in [0.2, 0.25) is 0 Å². The number of aryl methyl sites for hydroxylation is 2. The molecule has 0 fully saturated rings. The minimum absolute atomic E-state index is 0.0934. The quantitative estimate of drug-likeness (QED) is 0.302. The molecule has 0 spiro atoms. The minimum atomic E-state index is -0.931. The molecule has 0 saturated carbocycles. The number of hydrogen-bond donors (Lipinski definition) is 0. The first-order valence-electron chi connectivity index (χ1n) is 10.8. The number of hydrogen-bond acceptors (Lipinski definition) is 4. The lowest BCUT2D eigenvalue weighted by Gasteiger charge is -2.10. The zero-order chi connectivity index (χ0) is 24.1. The van der Waals surface area contributed by atoms with E-state index in [2.05, 4.69) is 9.97 Å². The maximum Gasteiger partial charge on any atom is 0.316 e. The fraction of sp³-hybridized carbons (Fsp3) is 0.185. The van der Waals surface area contributed by atoms with E-state index < -0.39 is 17.5 Å². The molecule has 0 atom stereocenters. The van der Waals surface area contributed by atoms with Crippen LogP contribution in [0.25, 0.3) is 22.3 Å². The van der Waals surface area contributed by atoms with E-state index in [0.29, 0.717) is 25.0 Å². The summed E-state index contributed by atoms with van der Waals surface area (Å²) < 4.78 is 53.7. The van der Waals surface area contributed by atoms with Crippen LogP contribution in [-0.4, -0.2) is 23.7 Å². The van der Waals surface area contributed by atoms with E-state index in [-0.39, 0.29) is 22.9 Å². The lowest BCUT2D eigenvalue weighted by atomic mass is 9.98. The second-order valence-corrected chi connectivity index (χ2v) is 7.63. The smallest absolute Gasteiger partial charge is 0.316 e. The molecule has 0 bridgehead atoms. The number of halogens is 3. The van der Waals surface area contributed by atoms with Gasteiger partial charge in [0.25, 0.3) is 0 Å². The maximum absolute atomic E-state index is 14.7. The van der Waals surface area contributed by atoms with Crippen LogP contribution in [0.1, 0.15) is 18.1 Å². The molecule has 34 heavy (non-hydrogen) atoms. The highest BCUT2D eigenvalue weighted by Gasteiger charge is 2.15. The van der Waals surface area contributed by atoms with Gasteiger partial charge in [-0.05, 0) is 54.2 Å². The molecule has 0 saturated heterocycles. The van der Waals surface area contributed by atoms with Crippen molar-refractivity contribution in [2.45, 2.75) is 19.8 Å². The molecule has 4 nitrogen and oxygen atoms in total. The summed E-state index contributed by atoms with van der Waals surface area (Å²) in [6.07, 6.45) is 3.64. The highest BCUT2D eigenvalue weighted by molar-refractivity contribution is 5.65. The van der Waals surface area contributed by atoms with Crippen molar-refractivity contribution in [2.75, 3.05) is 13.7 Å². The predicted molar refractivity (Wildman–Crippen MR) is 124 cm³/mol. The Bertz CT molecular complexity index is 1280. The Morgan fingerprint density at radius 2 is 1.47 bits per heavy atom. The number of methoxy groups -OCH3 is 1. The van der Waals surface area contributed by atoms with Crippen LogP contribution < -0.4 is 9.47 Å². The first kappa shape index (κ1) is 23.3. The first-order chi connectivity index (χ1) is 16.5. The molecule has 1 heterocycles. The van der Waals surface area contributed by atoms with Crippen LogP contribution >= 0.6 is 0 Å². The Morgan fingerprint density at radius 1 is 0.765 bits per heavy atom. The zero-order valence-corrected chi connectivity index (χ0v) is 18.8. The lowest BCUT2D eigenvalue weighted by Crippen LogP contribution is -2.00. The van der Waals surface area contributed by atoms with Gasteiger partial charge >= 0.3 is 6.01 Å². The Labute approximate surface area is 196 Å². The van der Waals surface area contributed by atoms with Crippen molar-refractivity contribution in [3.05, 3.63) is 95.6 Å². The maximum atomic E-state index is 14.7. The molecule has 4 rings (SSSR count). The number of nitrogens with zero attached hydrogens (tertiary/aromatic N) is 2. The first-order valence-corrected chi connectivity index (χ1v) is 10.8. The third-order valence-electron chi connectivity index (χ3n) is 5.49. The van der Waals surface area contributed by atoms with Gasteiger partial charge in [-0.3, -0.25) is 0 Å². The molecule has 0 radical (unpaired) electrons. The summed E-state index contributed by atoms with van der Waals surface area (Å²) in [7, 11) is 1.43. The predicted octanol–water partition coefficient (Wildman–Crippen LogP) is 6.42. The summed E-state index contributed by atoms with van der Waals surface area (Å²) in [6, 6.07) is 15.7. The highest BCUT2D eigenvalue weighted by Crippen LogP contribution is 2.28. The summed E-state index contributed by atoms with van der Waals surface area (Å²) in [6.45, 7) is 2.20. The summed E-state index contributed by atoms with van der Waals surface area (Å²) in [5, 5.41) is 0. The third kappa shape index (κ3) is 5.03. The number of ether oxygens (including phenoxy) is 2. The van der Waals surface area contributed by atoms with Gasteiger partial charge in [-0.15, -0.1) is 0 Å². The number of aromatic nitrogens is 2. The van der Waals surface area contributed by atoms with Crippen molar-refractivity contribution in [3.63, 3.8) is 0 Å². The van der Waals surface area contributed by atoms with E-state index in [1.165, 1.54) is 31.6 Å². The van der Waals surface area contributed by atoms with Crippen LogP contribution in [0.15, 0.2) is 67.0 Å². The highest BCUT2D eigenvalue weighted by atomic mass is 19.2. The molecule has 0 aliphatic rings. The van der Waals surface area contributed by atoms with E-state index in [4.69, 9.17) is 9.47 Å². The van der Waals surface area contributed by atoms with Crippen molar-refractivity contribution >= 4 is 0 Å². The monoisotopic (exact) mass is 464 g/mol. The van der Waals surface area contributed by atoms with Crippen molar-refractivity contribution in [1.29, 1.82) is 0 Å². The molecule has 0 aliphatic heterocycles. The van der Waals surface area contributed by atoms with Crippen molar-refractivity contribution in [2.24, 2.45) is 0 Å². The molecule has 0 N–H and O–H groups in total. The van der Waals surface area contributed by atoms with Gasteiger partial charge in [0.15, 0.2) is 23.2 Å². The SMILES string of the molecule is CCOc1ccc(-c2ccc(CCc3ccc(-c4cnc(OC)nc4)c(F)c3F)cc2)cc1F. The molecule has 4 aromatic rings. The van der Waals surface area contributed by atoms with E-state index in [9.17, 15) is 13.2 Å². The molecule has 0 amide bonds. The van der Waals surface area contributed by atoms with Crippen LogP contribution in [0.4, 0.5) is 13.2 Å². The lowest BCUT2D eigenvalue weighted by molar-refractivity contribution is 0.321. The molecule has 3 aromatic carbocycles. The molecular weight excluding hydrogens is 441 g/mol. The number of benzene rings is 3. The second kappa shape index (κ2) is 10.4. The summed E-state index contributed by atoms with van der Waals surface area (Å²) >= 11 is 0. The van der Waals surface area contributed by atoms with Gasteiger partial charge in [-0.1, -0.05) is 42.5 Å². The molecule has 0 unspecified atom stereocenters. The van der Waals surface area contributed by atoms with Crippen molar-refractivity contribution in [3.8, 4) is 34.0 Å². The van der Waals surface area contributed by atoms with E-state index in [1.54, 1.807) is 25.1 Å². The van der Waals surface area contributed by atoms with Gasteiger partial charge < -0.3 is 9.47 Å². The Balaban J connectivity index is 1.45. The Morgan fingerprint density at radius 3 is 2.12 bits per heavy atom.